The minimum absolute atomic E-state index is 0.119. The van der Waals surface area contributed by atoms with Gasteiger partial charge in [-0.3, -0.25) is 5.26 Å². The maximum Gasteiger partial charge on any atom is 0.119 e. The highest BCUT2D eigenvalue weighted by atomic mass is 17.1. The van der Waals surface area contributed by atoms with Gasteiger partial charge in [-0.15, -0.1) is 0 Å². The highest BCUT2D eigenvalue weighted by Gasteiger charge is 2.58. The summed E-state index contributed by atoms with van der Waals surface area (Å²) in [6.45, 7) is 8.33. The van der Waals surface area contributed by atoms with Crippen LogP contribution in [0.2, 0.25) is 0 Å². The summed E-state index contributed by atoms with van der Waals surface area (Å²) in [5, 5.41) is 9.29. The van der Waals surface area contributed by atoms with Crippen LogP contribution < -0.4 is 0 Å². The summed E-state index contributed by atoms with van der Waals surface area (Å²) in [4.78, 5) is 4.84. The fraction of sp³-hybridized carbons (Fsp3) is 0.867. The van der Waals surface area contributed by atoms with Gasteiger partial charge < -0.3 is 0 Å². The lowest BCUT2D eigenvalue weighted by Gasteiger charge is -2.61. The molecule has 1 N–H and O–H groups in total. The summed E-state index contributed by atoms with van der Waals surface area (Å²) >= 11 is 0. The van der Waals surface area contributed by atoms with Gasteiger partial charge in [0.1, 0.15) is 6.10 Å². The molecule has 4 fully saturated rings. The third kappa shape index (κ3) is 1.53. The zero-order chi connectivity index (χ0) is 12.2. The molecule has 4 aliphatic rings. The monoisotopic (exact) mass is 236 g/mol. The Labute approximate surface area is 104 Å². The molecular formula is C15H24O2. The van der Waals surface area contributed by atoms with Crippen molar-refractivity contribution in [1.29, 1.82) is 0 Å². The highest BCUT2D eigenvalue weighted by Crippen LogP contribution is 2.64. The Morgan fingerprint density at radius 2 is 1.65 bits per heavy atom. The van der Waals surface area contributed by atoms with Crippen LogP contribution in [-0.4, -0.2) is 11.4 Å². The average Bonchev–Trinajstić information content (AvgIpc) is 2.25. The quantitative estimate of drug-likeness (QED) is 0.458. The molecule has 0 aromatic carbocycles. The molecule has 0 aromatic heterocycles. The standard InChI is InChI=1S/C15H24O2/c1-9(2)14(17-16)15(3)12-5-10-4-11(7-12)8-13(15)6-10/h10-14,16H,1,4-8H2,2-3H3. The Morgan fingerprint density at radius 1 is 1.18 bits per heavy atom. The van der Waals surface area contributed by atoms with Crippen LogP contribution in [0.15, 0.2) is 12.2 Å². The number of hydrogen-bond donors (Lipinski definition) is 1. The molecule has 0 radical (unpaired) electrons. The normalized spacial score (nSPS) is 49.4. The summed E-state index contributed by atoms with van der Waals surface area (Å²) in [5.74, 6) is 3.37. The lowest BCUT2D eigenvalue weighted by molar-refractivity contribution is -0.315. The third-order valence-corrected chi connectivity index (χ3v) is 6.02. The lowest BCUT2D eigenvalue weighted by atomic mass is 9.44. The second-order valence-corrected chi connectivity index (χ2v) is 7.00. The van der Waals surface area contributed by atoms with Crippen molar-refractivity contribution >= 4 is 0 Å². The molecule has 0 aliphatic heterocycles. The van der Waals surface area contributed by atoms with Crippen LogP contribution in [0, 0.1) is 29.1 Å². The molecule has 4 aliphatic carbocycles. The maximum absolute atomic E-state index is 9.29. The minimum Gasteiger partial charge on any atom is -0.251 e. The predicted molar refractivity (Wildman–Crippen MR) is 67.5 cm³/mol. The molecule has 2 heteroatoms. The number of rotatable bonds is 3. The molecular weight excluding hydrogens is 212 g/mol. The van der Waals surface area contributed by atoms with E-state index >= 15 is 0 Å². The van der Waals surface area contributed by atoms with Crippen LogP contribution in [0.25, 0.3) is 0 Å². The van der Waals surface area contributed by atoms with E-state index in [9.17, 15) is 5.26 Å². The molecule has 2 nitrogen and oxygen atoms in total. The van der Waals surface area contributed by atoms with E-state index in [0.717, 1.165) is 29.2 Å². The van der Waals surface area contributed by atoms with Crippen molar-refractivity contribution in [2.75, 3.05) is 0 Å². The molecule has 0 aromatic rings. The van der Waals surface area contributed by atoms with Crippen molar-refractivity contribution in [3.8, 4) is 0 Å². The van der Waals surface area contributed by atoms with Gasteiger partial charge >= 0.3 is 0 Å². The van der Waals surface area contributed by atoms with E-state index < -0.39 is 0 Å². The van der Waals surface area contributed by atoms with E-state index in [1.165, 1.54) is 32.1 Å². The van der Waals surface area contributed by atoms with Crippen molar-refractivity contribution in [1.82, 2.24) is 0 Å². The van der Waals surface area contributed by atoms with Crippen LogP contribution in [0.4, 0.5) is 0 Å². The van der Waals surface area contributed by atoms with E-state index in [2.05, 4.69) is 13.5 Å². The Kier molecular flexibility index (Phi) is 2.64. The second kappa shape index (κ2) is 3.83. The maximum atomic E-state index is 9.29. The average molecular weight is 236 g/mol. The largest absolute Gasteiger partial charge is 0.251 e. The predicted octanol–water partition coefficient (Wildman–Crippen LogP) is 3.88. The zero-order valence-corrected chi connectivity index (χ0v) is 11.0. The van der Waals surface area contributed by atoms with Gasteiger partial charge in [-0.05, 0) is 68.3 Å². The first-order chi connectivity index (χ1) is 8.05. The van der Waals surface area contributed by atoms with Gasteiger partial charge in [-0.25, -0.2) is 4.89 Å². The molecule has 4 rings (SSSR count). The van der Waals surface area contributed by atoms with E-state index in [0.29, 0.717) is 0 Å². The molecule has 1 atom stereocenters. The van der Waals surface area contributed by atoms with Gasteiger partial charge in [0.25, 0.3) is 0 Å². The van der Waals surface area contributed by atoms with Crippen molar-refractivity contribution in [3.05, 3.63) is 12.2 Å². The minimum atomic E-state index is -0.169. The van der Waals surface area contributed by atoms with Gasteiger partial charge in [0.05, 0.1) is 0 Å². The molecule has 17 heavy (non-hydrogen) atoms. The Morgan fingerprint density at radius 3 is 2.00 bits per heavy atom. The molecule has 96 valence electrons. The van der Waals surface area contributed by atoms with Gasteiger partial charge in [0.15, 0.2) is 0 Å². The fourth-order valence-corrected chi connectivity index (χ4v) is 5.36. The first-order valence-corrected chi connectivity index (χ1v) is 7.01. The Hall–Kier alpha value is -0.340. The fourth-order valence-electron chi connectivity index (χ4n) is 5.36. The van der Waals surface area contributed by atoms with Crippen molar-refractivity contribution < 1.29 is 10.1 Å². The smallest absolute Gasteiger partial charge is 0.119 e. The molecule has 4 bridgehead atoms. The molecule has 0 amide bonds. The first-order valence-electron chi connectivity index (χ1n) is 7.01. The van der Waals surface area contributed by atoms with Crippen molar-refractivity contribution in [3.63, 3.8) is 0 Å². The molecule has 0 spiro atoms. The summed E-state index contributed by atoms with van der Waals surface area (Å²) < 4.78 is 0. The first kappa shape index (κ1) is 11.7. The highest BCUT2D eigenvalue weighted by molar-refractivity contribution is 5.14. The van der Waals surface area contributed by atoms with Crippen molar-refractivity contribution in [2.24, 2.45) is 29.1 Å². The SMILES string of the molecule is C=C(C)C(OO)C1(C)C2CC3CC(C2)CC1C3. The molecule has 0 saturated heterocycles. The van der Waals surface area contributed by atoms with Crippen molar-refractivity contribution in [2.45, 2.75) is 52.1 Å². The van der Waals surface area contributed by atoms with Gasteiger partial charge in [0.2, 0.25) is 0 Å². The Balaban J connectivity index is 1.93. The van der Waals surface area contributed by atoms with Crippen LogP contribution >= 0.6 is 0 Å². The van der Waals surface area contributed by atoms with Gasteiger partial charge in [-0.2, -0.15) is 0 Å². The topological polar surface area (TPSA) is 29.5 Å². The van der Waals surface area contributed by atoms with Crippen LogP contribution in [0.3, 0.4) is 0 Å². The van der Waals surface area contributed by atoms with Crippen LogP contribution in [0.5, 0.6) is 0 Å². The zero-order valence-electron chi connectivity index (χ0n) is 11.0. The van der Waals surface area contributed by atoms with E-state index in [4.69, 9.17) is 4.89 Å². The Bertz CT molecular complexity index is 306. The van der Waals surface area contributed by atoms with Gasteiger partial charge in [0, 0.05) is 5.41 Å². The second-order valence-electron chi connectivity index (χ2n) is 7.00. The summed E-state index contributed by atoms with van der Waals surface area (Å²) in [5.41, 5.74) is 1.09. The summed E-state index contributed by atoms with van der Waals surface area (Å²) in [7, 11) is 0. The molecule has 1 unspecified atom stereocenters. The molecule has 4 saturated carbocycles. The number of hydrogen-bond acceptors (Lipinski definition) is 2. The van der Waals surface area contributed by atoms with E-state index in [1.807, 2.05) is 6.92 Å². The lowest BCUT2D eigenvalue weighted by Crippen LogP contribution is -2.57. The third-order valence-electron chi connectivity index (χ3n) is 6.02. The van der Waals surface area contributed by atoms with E-state index in [1.54, 1.807) is 0 Å². The summed E-state index contributed by atoms with van der Waals surface area (Å²) in [6.07, 6.45) is 6.67. The van der Waals surface area contributed by atoms with Gasteiger partial charge in [-0.1, -0.05) is 13.5 Å². The molecule has 0 heterocycles. The van der Waals surface area contributed by atoms with Crippen LogP contribution in [-0.2, 0) is 4.89 Å². The summed E-state index contributed by atoms with van der Waals surface area (Å²) in [6, 6.07) is 0. The van der Waals surface area contributed by atoms with E-state index in [-0.39, 0.29) is 11.5 Å². The van der Waals surface area contributed by atoms with Crippen LogP contribution in [0.1, 0.15) is 46.0 Å².